The largest absolute Gasteiger partial charge is 0.299 e. The Hall–Kier alpha value is -3.68. The first-order chi connectivity index (χ1) is 14.5. The Morgan fingerprint density at radius 3 is 2.50 bits per heavy atom. The van der Waals surface area contributed by atoms with E-state index in [-0.39, 0.29) is 17.7 Å². The van der Waals surface area contributed by atoms with E-state index in [1.54, 1.807) is 22.7 Å². The molecule has 1 aromatic carbocycles. The summed E-state index contributed by atoms with van der Waals surface area (Å²) in [4.78, 5) is 4.27. The number of rotatable bonds is 3. The predicted octanol–water partition coefficient (Wildman–Crippen LogP) is 6.00. The summed E-state index contributed by atoms with van der Waals surface area (Å²) >= 11 is 0. The van der Waals surface area contributed by atoms with Crippen molar-refractivity contribution in [2.75, 3.05) is 0 Å². The van der Waals surface area contributed by atoms with Gasteiger partial charge in [-0.15, -0.1) is 0 Å². The molecular weight excluding hydrogens is 396 g/mol. The van der Waals surface area contributed by atoms with E-state index in [0.29, 0.717) is 34.5 Å². The molecule has 4 nitrogen and oxygen atoms in total. The highest BCUT2D eigenvalue weighted by Gasteiger charge is 2.23. The lowest BCUT2D eigenvalue weighted by molar-refractivity contribution is 0.567. The van der Waals surface area contributed by atoms with E-state index < -0.39 is 23.3 Å². The van der Waals surface area contributed by atoms with Crippen molar-refractivity contribution in [3.8, 4) is 22.4 Å². The minimum Gasteiger partial charge on any atom is -0.299 e. The van der Waals surface area contributed by atoms with Crippen LogP contribution < -0.4 is 0 Å². The molecule has 0 aliphatic heterocycles. The molecule has 4 aromatic rings. The maximum absolute atomic E-state index is 14.4. The zero-order valence-electron chi connectivity index (χ0n) is 15.5. The molecule has 1 aliphatic carbocycles. The third-order valence-electron chi connectivity index (χ3n) is 5.06. The first kappa shape index (κ1) is 18.4. The van der Waals surface area contributed by atoms with E-state index in [4.69, 9.17) is 0 Å². The molecule has 0 amide bonds. The molecule has 150 valence electrons. The molecule has 0 atom stereocenters. The monoisotopic (exact) mass is 410 g/mol. The van der Waals surface area contributed by atoms with Crippen molar-refractivity contribution in [1.29, 1.82) is 0 Å². The van der Waals surface area contributed by atoms with Crippen molar-refractivity contribution in [2.24, 2.45) is 0 Å². The van der Waals surface area contributed by atoms with Gasteiger partial charge in [-0.3, -0.25) is 9.50 Å². The zero-order valence-corrected chi connectivity index (χ0v) is 15.5. The summed E-state index contributed by atoms with van der Waals surface area (Å²) in [6.45, 7) is 0. The molecule has 0 bridgehead atoms. The zero-order chi connectivity index (χ0) is 20.8. The van der Waals surface area contributed by atoms with Gasteiger partial charge in [-0.25, -0.2) is 22.5 Å². The number of halogens is 4. The van der Waals surface area contributed by atoms with Crippen molar-refractivity contribution < 1.29 is 17.6 Å². The predicted molar refractivity (Wildman–Crippen MR) is 105 cm³/mol. The molecule has 5 rings (SSSR count). The average molecular weight is 410 g/mol. The normalized spacial score (nSPS) is 14.5. The van der Waals surface area contributed by atoms with Gasteiger partial charge >= 0.3 is 0 Å². The molecule has 3 heterocycles. The van der Waals surface area contributed by atoms with E-state index in [1.165, 1.54) is 30.6 Å². The number of aromatic nitrogens is 4. The highest BCUT2D eigenvalue weighted by molar-refractivity contribution is 5.86. The van der Waals surface area contributed by atoms with Crippen LogP contribution in [0.25, 0.3) is 33.6 Å². The first-order valence-electron chi connectivity index (χ1n) is 9.23. The number of allylic oxidation sites excluding steroid dienone is 4. The fourth-order valence-corrected chi connectivity index (χ4v) is 3.69. The average Bonchev–Trinajstić information content (AvgIpc) is 3.33. The van der Waals surface area contributed by atoms with E-state index >= 15 is 0 Å². The lowest BCUT2D eigenvalue weighted by Crippen LogP contribution is -1.98. The Kier molecular flexibility index (Phi) is 4.27. The molecule has 0 fully saturated rings. The van der Waals surface area contributed by atoms with Crippen molar-refractivity contribution in [2.45, 2.75) is 12.8 Å². The minimum atomic E-state index is -0.699. The van der Waals surface area contributed by atoms with Gasteiger partial charge in [-0.1, -0.05) is 0 Å². The van der Waals surface area contributed by atoms with Crippen molar-refractivity contribution in [1.82, 2.24) is 19.6 Å². The van der Waals surface area contributed by atoms with Gasteiger partial charge in [0, 0.05) is 35.4 Å². The van der Waals surface area contributed by atoms with Crippen LogP contribution in [0, 0.1) is 11.6 Å². The summed E-state index contributed by atoms with van der Waals surface area (Å²) in [6.07, 6.45) is 6.46. The van der Waals surface area contributed by atoms with Gasteiger partial charge < -0.3 is 0 Å². The molecule has 0 spiro atoms. The second kappa shape index (κ2) is 6.98. The van der Waals surface area contributed by atoms with Crippen LogP contribution in [-0.4, -0.2) is 19.6 Å². The quantitative estimate of drug-likeness (QED) is 0.421. The maximum atomic E-state index is 14.4. The van der Waals surface area contributed by atoms with Crippen LogP contribution in [0.3, 0.4) is 0 Å². The maximum Gasteiger partial charge on any atom is 0.137 e. The standard InChI is InChI=1S/C22H14F4N4/c23-14-6-13(7-15(24)8-14)19-10-27-20-5-4-12(11-30(19)20)16-9-28-29-22(16)21-17(25)2-1-3-18(21)26/h2,4-11H,1,3H2,(H,28,29). The van der Waals surface area contributed by atoms with E-state index in [9.17, 15) is 17.6 Å². The van der Waals surface area contributed by atoms with Gasteiger partial charge in [0.2, 0.25) is 0 Å². The van der Waals surface area contributed by atoms with Gasteiger partial charge in [-0.05, 0) is 36.8 Å². The summed E-state index contributed by atoms with van der Waals surface area (Å²) in [7, 11) is 0. The Morgan fingerprint density at radius 2 is 1.73 bits per heavy atom. The summed E-state index contributed by atoms with van der Waals surface area (Å²) in [6, 6.07) is 6.68. The lowest BCUT2D eigenvalue weighted by atomic mass is 9.97. The molecule has 1 N–H and O–H groups in total. The molecular formula is C22H14F4N4. The van der Waals surface area contributed by atoms with Crippen LogP contribution in [0.15, 0.2) is 66.7 Å². The highest BCUT2D eigenvalue weighted by atomic mass is 19.1. The number of fused-ring (bicyclic) bond motifs is 1. The van der Waals surface area contributed by atoms with Gasteiger partial charge in [0.1, 0.15) is 28.9 Å². The Labute approximate surface area is 168 Å². The fourth-order valence-electron chi connectivity index (χ4n) is 3.69. The number of nitrogens with zero attached hydrogens (tertiary/aromatic N) is 3. The molecule has 30 heavy (non-hydrogen) atoms. The number of aromatic amines is 1. The molecule has 1 aliphatic rings. The topological polar surface area (TPSA) is 46.0 Å². The fraction of sp³-hybridized carbons (Fsp3) is 0.0909. The number of H-pyrrole nitrogens is 1. The first-order valence-corrected chi connectivity index (χ1v) is 9.23. The summed E-state index contributed by atoms with van der Waals surface area (Å²) in [5, 5.41) is 6.66. The summed E-state index contributed by atoms with van der Waals surface area (Å²) in [5.74, 6) is -2.57. The van der Waals surface area contributed by atoms with Crippen LogP contribution in [-0.2, 0) is 0 Å². The van der Waals surface area contributed by atoms with E-state index in [1.807, 2.05) is 0 Å². The third kappa shape index (κ3) is 3.01. The van der Waals surface area contributed by atoms with Crippen LogP contribution >= 0.6 is 0 Å². The number of hydrogen-bond donors (Lipinski definition) is 1. The SMILES string of the molecule is FC1=CCCC(F)=C1c1[nH]ncc1-c1ccc2ncc(-c3cc(F)cc(F)c3)n2c1. The molecule has 3 aromatic heterocycles. The van der Waals surface area contributed by atoms with E-state index in [2.05, 4.69) is 15.2 Å². The smallest absolute Gasteiger partial charge is 0.137 e. The highest BCUT2D eigenvalue weighted by Crippen LogP contribution is 2.38. The summed E-state index contributed by atoms with van der Waals surface area (Å²) in [5.41, 5.74) is 2.56. The van der Waals surface area contributed by atoms with Crippen LogP contribution in [0.1, 0.15) is 18.5 Å². The second-order valence-electron chi connectivity index (χ2n) is 6.98. The van der Waals surface area contributed by atoms with Crippen molar-refractivity contribution in [3.63, 3.8) is 0 Å². The van der Waals surface area contributed by atoms with Crippen LogP contribution in [0.2, 0.25) is 0 Å². The number of benzene rings is 1. The van der Waals surface area contributed by atoms with E-state index in [0.717, 1.165) is 6.07 Å². The number of pyridine rings is 1. The Morgan fingerprint density at radius 1 is 0.933 bits per heavy atom. The molecule has 0 saturated heterocycles. The van der Waals surface area contributed by atoms with Gasteiger partial charge in [0.15, 0.2) is 0 Å². The Bertz CT molecular complexity index is 1330. The van der Waals surface area contributed by atoms with Gasteiger partial charge in [0.05, 0.1) is 29.4 Å². The molecule has 0 saturated carbocycles. The lowest BCUT2D eigenvalue weighted by Gasteiger charge is -2.13. The number of nitrogens with one attached hydrogen (secondary N) is 1. The second-order valence-corrected chi connectivity index (χ2v) is 6.98. The van der Waals surface area contributed by atoms with Crippen LogP contribution in [0.5, 0.6) is 0 Å². The van der Waals surface area contributed by atoms with Gasteiger partial charge in [-0.2, -0.15) is 5.10 Å². The summed E-state index contributed by atoms with van der Waals surface area (Å²) < 4.78 is 57.8. The number of hydrogen-bond acceptors (Lipinski definition) is 2. The van der Waals surface area contributed by atoms with Crippen molar-refractivity contribution in [3.05, 3.63) is 84.0 Å². The molecule has 0 unspecified atom stereocenters. The molecule has 0 radical (unpaired) electrons. The molecule has 8 heteroatoms. The Balaban J connectivity index is 1.66. The van der Waals surface area contributed by atoms with Crippen LogP contribution in [0.4, 0.5) is 17.6 Å². The van der Waals surface area contributed by atoms with Gasteiger partial charge in [0.25, 0.3) is 0 Å². The third-order valence-corrected chi connectivity index (χ3v) is 5.06. The van der Waals surface area contributed by atoms with Crippen molar-refractivity contribution >= 4 is 11.2 Å². The number of imidazole rings is 1. The minimum absolute atomic E-state index is 0.122.